The lowest BCUT2D eigenvalue weighted by Crippen LogP contribution is -1.99. The molecule has 7 heteroatoms. The van der Waals surface area contributed by atoms with Crippen molar-refractivity contribution in [3.8, 4) is 11.6 Å². The molecule has 0 amide bonds. The van der Waals surface area contributed by atoms with Crippen LogP contribution in [0.2, 0.25) is 0 Å². The van der Waals surface area contributed by atoms with E-state index in [4.69, 9.17) is 4.74 Å². The Kier molecular flexibility index (Phi) is 3.19. The van der Waals surface area contributed by atoms with Gasteiger partial charge in [-0.05, 0) is 25.1 Å². The Balaban J connectivity index is 2.04. The monoisotopic (exact) mass is 332 g/mol. The smallest absolute Gasteiger partial charge is 0.255 e. The van der Waals surface area contributed by atoms with E-state index < -0.39 is 0 Å². The van der Waals surface area contributed by atoms with Crippen LogP contribution in [0, 0.1) is 6.92 Å². The van der Waals surface area contributed by atoms with Crippen LogP contribution in [0.25, 0.3) is 5.78 Å². The minimum absolute atomic E-state index is 0.465. The molecule has 0 unspecified atom stereocenters. The Bertz CT molecular complexity index is 800. The van der Waals surface area contributed by atoms with Crippen molar-refractivity contribution in [1.29, 1.82) is 0 Å². The van der Waals surface area contributed by atoms with Crippen LogP contribution in [-0.2, 0) is 0 Å². The molecule has 0 N–H and O–H groups in total. The van der Waals surface area contributed by atoms with Crippen molar-refractivity contribution in [2.24, 2.45) is 0 Å². The molecule has 100 valence electrons. The lowest BCUT2D eigenvalue weighted by Gasteiger charge is -2.08. The molecule has 0 radical (unpaired) electrons. The van der Waals surface area contributed by atoms with Crippen LogP contribution in [-0.4, -0.2) is 25.9 Å². The lowest BCUT2D eigenvalue weighted by atomic mass is 10.2. The number of carbonyl (C=O) groups is 1. The van der Waals surface area contributed by atoms with Crippen molar-refractivity contribution in [2.75, 3.05) is 0 Å². The van der Waals surface area contributed by atoms with Gasteiger partial charge in [-0.2, -0.15) is 14.6 Å². The van der Waals surface area contributed by atoms with E-state index in [1.807, 2.05) is 6.92 Å². The average Bonchev–Trinajstić information content (AvgIpc) is 2.89. The van der Waals surface area contributed by atoms with Crippen LogP contribution in [0.3, 0.4) is 0 Å². The number of fused-ring (bicyclic) bond motifs is 1. The maximum atomic E-state index is 10.9. The van der Waals surface area contributed by atoms with Gasteiger partial charge < -0.3 is 4.74 Å². The van der Waals surface area contributed by atoms with Gasteiger partial charge in [0.15, 0.2) is 6.29 Å². The van der Waals surface area contributed by atoms with Crippen LogP contribution < -0.4 is 4.74 Å². The van der Waals surface area contributed by atoms with Gasteiger partial charge in [0, 0.05) is 21.8 Å². The molecule has 0 fully saturated rings. The molecule has 20 heavy (non-hydrogen) atoms. The molecule has 6 nitrogen and oxygen atoms in total. The summed E-state index contributed by atoms with van der Waals surface area (Å²) in [6.45, 7) is 1.85. The van der Waals surface area contributed by atoms with Crippen LogP contribution in [0.4, 0.5) is 0 Å². The van der Waals surface area contributed by atoms with E-state index in [9.17, 15) is 4.79 Å². The van der Waals surface area contributed by atoms with E-state index in [2.05, 4.69) is 31.0 Å². The highest BCUT2D eigenvalue weighted by Gasteiger charge is 2.09. The van der Waals surface area contributed by atoms with E-state index in [-0.39, 0.29) is 0 Å². The third kappa shape index (κ3) is 2.27. The summed E-state index contributed by atoms with van der Waals surface area (Å²) < 4.78 is 7.98. The molecule has 2 aromatic heterocycles. The molecule has 0 atom stereocenters. The molecule has 0 saturated carbocycles. The zero-order chi connectivity index (χ0) is 14.1. The molecule has 3 rings (SSSR count). The lowest BCUT2D eigenvalue weighted by molar-refractivity contribution is 0.112. The third-order valence-electron chi connectivity index (χ3n) is 2.66. The van der Waals surface area contributed by atoms with Crippen molar-refractivity contribution in [1.82, 2.24) is 19.6 Å². The first-order valence-corrected chi connectivity index (χ1v) is 6.56. The van der Waals surface area contributed by atoms with E-state index in [1.54, 1.807) is 24.3 Å². The molecule has 2 heterocycles. The minimum atomic E-state index is 0.465. The average molecular weight is 333 g/mol. The second kappa shape index (κ2) is 5.01. The number of aldehydes is 1. The Labute approximate surface area is 122 Å². The molecule has 0 aliphatic rings. The van der Waals surface area contributed by atoms with Gasteiger partial charge in [0.05, 0.1) is 0 Å². The highest BCUT2D eigenvalue weighted by Crippen LogP contribution is 2.26. The topological polar surface area (TPSA) is 69.4 Å². The molecule has 0 saturated heterocycles. The number of aryl methyl sites for hydroxylation is 1. The fourth-order valence-corrected chi connectivity index (χ4v) is 2.11. The van der Waals surface area contributed by atoms with Crippen molar-refractivity contribution in [3.05, 3.63) is 46.3 Å². The number of rotatable bonds is 3. The highest BCUT2D eigenvalue weighted by atomic mass is 79.9. The van der Waals surface area contributed by atoms with E-state index in [1.165, 1.54) is 10.8 Å². The summed E-state index contributed by atoms with van der Waals surface area (Å²) in [5, 5.41) is 4.06. The fourth-order valence-electron chi connectivity index (χ4n) is 1.77. The second-order valence-corrected chi connectivity index (χ2v) is 4.97. The maximum Gasteiger partial charge on any atom is 0.255 e. The molecular formula is C13H9BrN4O2. The van der Waals surface area contributed by atoms with E-state index in [0.29, 0.717) is 23.0 Å². The number of nitrogens with zero attached hydrogens (tertiary/aromatic N) is 4. The van der Waals surface area contributed by atoms with Gasteiger partial charge in [-0.3, -0.25) is 4.79 Å². The number of halogens is 1. The van der Waals surface area contributed by atoms with Crippen molar-refractivity contribution in [2.45, 2.75) is 6.92 Å². The van der Waals surface area contributed by atoms with Gasteiger partial charge in [0.2, 0.25) is 5.88 Å². The molecule has 0 aliphatic heterocycles. The first-order valence-electron chi connectivity index (χ1n) is 5.77. The quantitative estimate of drug-likeness (QED) is 0.690. The normalized spacial score (nSPS) is 10.7. The number of benzene rings is 1. The molecular weight excluding hydrogens is 324 g/mol. The standard InChI is InChI=1S/C13H9BrN4O2/c1-8-4-12(18-13(17-8)15-7-16-18)20-10-2-3-11(14)9(5-10)6-19/h2-7H,1H3. The Hall–Kier alpha value is -2.28. The molecule has 3 aromatic rings. The summed E-state index contributed by atoms with van der Waals surface area (Å²) >= 11 is 3.30. The Morgan fingerprint density at radius 1 is 1.35 bits per heavy atom. The Morgan fingerprint density at radius 3 is 3.00 bits per heavy atom. The van der Waals surface area contributed by atoms with Gasteiger partial charge in [-0.15, -0.1) is 0 Å². The predicted molar refractivity (Wildman–Crippen MR) is 75.1 cm³/mol. The second-order valence-electron chi connectivity index (χ2n) is 4.11. The summed E-state index contributed by atoms with van der Waals surface area (Å²) in [6.07, 6.45) is 2.17. The van der Waals surface area contributed by atoms with Crippen molar-refractivity contribution in [3.63, 3.8) is 0 Å². The van der Waals surface area contributed by atoms with Crippen molar-refractivity contribution < 1.29 is 9.53 Å². The van der Waals surface area contributed by atoms with E-state index in [0.717, 1.165) is 16.5 Å². The summed E-state index contributed by atoms with van der Waals surface area (Å²) in [6, 6.07) is 6.92. The third-order valence-corrected chi connectivity index (χ3v) is 3.39. The van der Waals surface area contributed by atoms with Gasteiger partial charge >= 0.3 is 0 Å². The van der Waals surface area contributed by atoms with Gasteiger partial charge in [0.25, 0.3) is 5.78 Å². The largest absolute Gasteiger partial charge is 0.439 e. The summed E-state index contributed by atoms with van der Waals surface area (Å²) in [7, 11) is 0. The molecule has 0 bridgehead atoms. The first-order chi connectivity index (χ1) is 9.67. The predicted octanol–water partition coefficient (Wildman–Crippen LogP) is 2.80. The molecule has 0 spiro atoms. The fraction of sp³-hybridized carbons (Fsp3) is 0.0769. The first kappa shape index (κ1) is 12.7. The number of hydrogen-bond donors (Lipinski definition) is 0. The SMILES string of the molecule is Cc1cc(Oc2ccc(Br)c(C=O)c2)n2ncnc2n1. The highest BCUT2D eigenvalue weighted by molar-refractivity contribution is 9.10. The van der Waals surface area contributed by atoms with Gasteiger partial charge in [-0.1, -0.05) is 15.9 Å². The van der Waals surface area contributed by atoms with Crippen molar-refractivity contribution >= 4 is 28.0 Å². The van der Waals surface area contributed by atoms with Crippen LogP contribution in [0.5, 0.6) is 11.6 Å². The molecule has 0 aliphatic carbocycles. The van der Waals surface area contributed by atoms with Gasteiger partial charge in [0.1, 0.15) is 12.1 Å². The summed E-state index contributed by atoms with van der Waals surface area (Å²) in [4.78, 5) is 19.2. The minimum Gasteiger partial charge on any atom is -0.439 e. The number of hydrogen-bond acceptors (Lipinski definition) is 5. The van der Waals surface area contributed by atoms with Crippen LogP contribution >= 0.6 is 15.9 Å². The zero-order valence-electron chi connectivity index (χ0n) is 10.4. The van der Waals surface area contributed by atoms with E-state index >= 15 is 0 Å². The number of carbonyl (C=O) groups excluding carboxylic acids is 1. The Morgan fingerprint density at radius 2 is 2.20 bits per heavy atom. The number of ether oxygens (including phenoxy) is 1. The molecule has 1 aromatic carbocycles. The van der Waals surface area contributed by atoms with Gasteiger partial charge in [-0.25, -0.2) is 4.98 Å². The zero-order valence-corrected chi connectivity index (χ0v) is 12.0. The number of aromatic nitrogens is 4. The summed E-state index contributed by atoms with van der Waals surface area (Å²) in [5.74, 6) is 1.49. The van der Waals surface area contributed by atoms with Crippen LogP contribution in [0.1, 0.15) is 16.1 Å². The maximum absolute atomic E-state index is 10.9. The van der Waals surface area contributed by atoms with Crippen LogP contribution in [0.15, 0.2) is 35.1 Å². The summed E-state index contributed by atoms with van der Waals surface area (Å²) in [5.41, 5.74) is 1.29.